The summed E-state index contributed by atoms with van der Waals surface area (Å²) in [7, 11) is -3.67. The summed E-state index contributed by atoms with van der Waals surface area (Å²) in [5.41, 5.74) is 16.7. The van der Waals surface area contributed by atoms with E-state index in [4.69, 9.17) is 0 Å². The molecule has 0 bridgehead atoms. The van der Waals surface area contributed by atoms with E-state index in [2.05, 4.69) is 166 Å². The number of benzene rings is 3. The lowest BCUT2D eigenvalue weighted by Gasteiger charge is -2.38. The lowest BCUT2D eigenvalue weighted by molar-refractivity contribution is 0.838. The topological polar surface area (TPSA) is 0 Å². The molecular formula is C50H56Si2. The van der Waals surface area contributed by atoms with E-state index in [1.54, 1.807) is 12.2 Å². The summed E-state index contributed by atoms with van der Waals surface area (Å²) < 4.78 is 0. The molecule has 0 N–H and O–H groups in total. The van der Waals surface area contributed by atoms with E-state index in [9.17, 15) is 0 Å². The van der Waals surface area contributed by atoms with Gasteiger partial charge in [-0.25, -0.2) is 0 Å². The molecule has 0 nitrogen and oxygen atoms in total. The highest BCUT2D eigenvalue weighted by molar-refractivity contribution is 6.91. The first-order valence-electron chi connectivity index (χ1n) is 18.8. The fourth-order valence-electron chi connectivity index (χ4n) is 7.84. The minimum Gasteiger partial charge on any atom is -0.125 e. The zero-order chi connectivity index (χ0) is 38.3. The van der Waals surface area contributed by atoms with Crippen LogP contribution >= 0.6 is 0 Å². The van der Waals surface area contributed by atoms with Crippen LogP contribution in [0.3, 0.4) is 0 Å². The van der Waals surface area contributed by atoms with Crippen molar-refractivity contribution < 1.29 is 0 Å². The Morgan fingerprint density at radius 1 is 0.346 bits per heavy atom. The van der Waals surface area contributed by atoms with Gasteiger partial charge in [0.25, 0.3) is 0 Å². The summed E-state index contributed by atoms with van der Waals surface area (Å²) in [4.78, 5) is 0. The average molecular weight is 713 g/mol. The van der Waals surface area contributed by atoms with Crippen LogP contribution in [0.2, 0.25) is 33.2 Å². The molecule has 0 aliphatic rings. The first-order valence-corrected chi connectivity index (χ1v) is 23.3. The zero-order valence-electron chi connectivity index (χ0n) is 33.5. The van der Waals surface area contributed by atoms with Gasteiger partial charge in [0.1, 0.15) is 16.1 Å². The molecule has 0 aliphatic carbocycles. The van der Waals surface area contributed by atoms with Crippen LogP contribution in [0, 0.1) is 70.3 Å². The van der Waals surface area contributed by atoms with Gasteiger partial charge in [0.05, 0.1) is 0 Å². The lowest BCUT2D eigenvalue weighted by Crippen LogP contribution is -2.43. The maximum atomic E-state index is 3.83. The molecular weight excluding hydrogens is 657 g/mol. The molecule has 0 saturated carbocycles. The van der Waals surface area contributed by atoms with E-state index in [1.165, 1.54) is 0 Å². The van der Waals surface area contributed by atoms with Gasteiger partial charge in [0, 0.05) is 33.4 Å². The van der Waals surface area contributed by atoms with E-state index < -0.39 is 16.1 Å². The van der Waals surface area contributed by atoms with Crippen molar-refractivity contribution in [1.82, 2.24) is 0 Å². The van der Waals surface area contributed by atoms with Crippen LogP contribution in [0.25, 0.3) is 0 Å². The van der Waals surface area contributed by atoms with Gasteiger partial charge < -0.3 is 0 Å². The second-order valence-corrected chi connectivity index (χ2v) is 26.5. The largest absolute Gasteiger partial charge is 0.146 e. The van der Waals surface area contributed by atoms with Crippen LogP contribution < -0.4 is 0 Å². The molecule has 2 heteroatoms. The zero-order valence-corrected chi connectivity index (χ0v) is 35.5. The summed E-state index contributed by atoms with van der Waals surface area (Å²) in [5, 5.41) is 0. The summed E-state index contributed by atoms with van der Waals surface area (Å²) >= 11 is 0. The van der Waals surface area contributed by atoms with Crippen LogP contribution in [-0.4, -0.2) is 16.1 Å². The molecule has 0 fully saturated rings. The quantitative estimate of drug-likeness (QED) is 0.176. The van der Waals surface area contributed by atoms with Crippen molar-refractivity contribution in [3.8, 4) is 70.3 Å². The van der Waals surface area contributed by atoms with Crippen molar-refractivity contribution in [2.24, 2.45) is 0 Å². The van der Waals surface area contributed by atoms with Crippen LogP contribution in [0.15, 0.2) is 84.9 Å². The van der Waals surface area contributed by atoms with Gasteiger partial charge in [0.2, 0.25) is 0 Å². The highest BCUT2D eigenvalue weighted by Crippen LogP contribution is 2.42. The van der Waals surface area contributed by atoms with Crippen molar-refractivity contribution in [3.05, 3.63) is 118 Å². The Hall–Kier alpha value is -4.81. The molecule has 0 aromatic heterocycles. The minimum atomic E-state index is -1.84. The molecule has 0 radical (unpaired) electrons. The first-order chi connectivity index (χ1) is 24.8. The van der Waals surface area contributed by atoms with Crippen molar-refractivity contribution in [2.45, 2.75) is 116 Å². The molecule has 3 aromatic carbocycles. The maximum Gasteiger partial charge on any atom is 0.146 e. The third-order valence-electron chi connectivity index (χ3n) is 10.5. The van der Waals surface area contributed by atoms with Gasteiger partial charge in [-0.05, 0) is 93.6 Å². The molecule has 52 heavy (non-hydrogen) atoms. The van der Waals surface area contributed by atoms with E-state index in [1.807, 2.05) is 60.7 Å². The molecule has 0 heterocycles. The predicted molar refractivity (Wildman–Crippen MR) is 232 cm³/mol. The Morgan fingerprint density at radius 3 is 0.827 bits per heavy atom. The van der Waals surface area contributed by atoms with Crippen LogP contribution in [-0.2, 0) is 0 Å². The molecule has 264 valence electrons. The van der Waals surface area contributed by atoms with Crippen molar-refractivity contribution in [1.29, 1.82) is 0 Å². The normalized spacial score (nSPS) is 11.1. The second kappa shape index (κ2) is 19.7. The Kier molecular flexibility index (Phi) is 15.8. The lowest BCUT2D eigenvalue weighted by atomic mass is 10.1. The highest BCUT2D eigenvalue weighted by atomic mass is 28.3. The molecule has 0 unspecified atom stereocenters. The molecule has 3 aromatic rings. The van der Waals surface area contributed by atoms with E-state index in [0.29, 0.717) is 33.2 Å². The van der Waals surface area contributed by atoms with Crippen LogP contribution in [0.5, 0.6) is 0 Å². The van der Waals surface area contributed by atoms with E-state index in [-0.39, 0.29) is 0 Å². The van der Waals surface area contributed by atoms with Gasteiger partial charge in [-0.2, -0.15) is 0 Å². The number of hydrogen-bond acceptors (Lipinski definition) is 0. The van der Waals surface area contributed by atoms with Gasteiger partial charge in [-0.1, -0.05) is 167 Å². The summed E-state index contributed by atoms with van der Waals surface area (Å²) in [6, 6.07) is 24.2. The molecule has 0 aliphatic heterocycles. The van der Waals surface area contributed by atoms with Crippen molar-refractivity contribution in [3.63, 3.8) is 0 Å². The number of allylic oxidation sites excluding steroid dienone is 2. The molecule has 0 saturated heterocycles. The number of rotatable bonds is 6. The Balaban J connectivity index is 1.82. The Labute approximate surface area is 319 Å². The van der Waals surface area contributed by atoms with Gasteiger partial charge in [-0.3, -0.25) is 0 Å². The van der Waals surface area contributed by atoms with E-state index >= 15 is 0 Å². The molecule has 0 atom stereocenters. The van der Waals surface area contributed by atoms with E-state index in [0.717, 1.165) is 33.4 Å². The minimum absolute atomic E-state index is 0.579. The van der Waals surface area contributed by atoms with Gasteiger partial charge in [-0.15, -0.1) is 11.1 Å². The van der Waals surface area contributed by atoms with Crippen LogP contribution in [0.4, 0.5) is 0 Å². The fourth-order valence-corrected chi connectivity index (χ4v) is 18.3. The standard InChI is InChI=1S/C50H56Si2/c1-39(2)51(40(3)4,41(5)6)37-35-49-33-23-21-30-47(49)26-16-14-13-15-25-45-27-17-18-28-46(45)29-19-20-31-48-32-22-24-34-50(48)36-38-52(42(7)8,43(9)10)44(11)12/h13-14,17-18,21-24,27-28,30,32-34,39-44H,1-12H3/b14-13+. The summed E-state index contributed by atoms with van der Waals surface area (Å²) in [5.74, 6) is 32.5. The smallest absolute Gasteiger partial charge is 0.125 e. The molecule has 0 amide bonds. The third kappa shape index (κ3) is 10.4. The predicted octanol–water partition coefficient (Wildman–Crippen LogP) is 12.2. The third-order valence-corrected chi connectivity index (χ3v) is 23.0. The Bertz CT molecular complexity index is 2060. The average Bonchev–Trinajstić information content (AvgIpc) is 3.09. The Morgan fingerprint density at radius 2 is 0.577 bits per heavy atom. The second-order valence-electron chi connectivity index (χ2n) is 15.3. The summed E-state index contributed by atoms with van der Waals surface area (Å²) in [6.45, 7) is 28.1. The monoisotopic (exact) mass is 712 g/mol. The van der Waals surface area contributed by atoms with Gasteiger partial charge in [0.15, 0.2) is 0 Å². The molecule has 3 rings (SSSR count). The highest BCUT2D eigenvalue weighted by Gasteiger charge is 2.42. The maximum absolute atomic E-state index is 3.83. The summed E-state index contributed by atoms with van der Waals surface area (Å²) in [6.07, 6.45) is 3.58. The van der Waals surface area contributed by atoms with Crippen LogP contribution in [0.1, 0.15) is 116 Å². The van der Waals surface area contributed by atoms with Gasteiger partial charge >= 0.3 is 0 Å². The van der Waals surface area contributed by atoms with Crippen molar-refractivity contribution in [2.75, 3.05) is 0 Å². The number of hydrogen-bond donors (Lipinski definition) is 0. The first kappa shape index (κ1) is 41.6. The molecule has 0 spiro atoms. The fraction of sp³-hybridized carbons (Fsp3) is 0.360. The SMILES string of the molecule is CC(C)[Si](C#Cc1ccccc1C#CC#Cc1ccccc1C#C/C=C/C#Cc1ccccc1C#C[Si](C(C)C)(C(C)C)C(C)C)(C(C)C)C(C)C. The van der Waals surface area contributed by atoms with Crippen molar-refractivity contribution >= 4 is 16.1 Å².